The highest BCUT2D eigenvalue weighted by molar-refractivity contribution is 6.20. The van der Waals surface area contributed by atoms with E-state index in [0.29, 0.717) is 35.2 Å². The van der Waals surface area contributed by atoms with Crippen molar-refractivity contribution in [3.8, 4) is 17.2 Å². The van der Waals surface area contributed by atoms with Crippen LogP contribution in [0.1, 0.15) is 25.0 Å². The first-order valence-electron chi connectivity index (χ1n) is 7.96. The number of carboxylic acids is 1. The van der Waals surface area contributed by atoms with Crippen LogP contribution < -0.4 is 9.47 Å². The molecule has 2 rings (SSSR count). The summed E-state index contributed by atoms with van der Waals surface area (Å²) in [4.78, 5) is 11.6. The molecule has 2 aromatic carbocycles. The van der Waals surface area contributed by atoms with Crippen molar-refractivity contribution in [3.63, 3.8) is 0 Å². The van der Waals surface area contributed by atoms with Crippen molar-refractivity contribution >= 4 is 17.6 Å². The van der Waals surface area contributed by atoms with Gasteiger partial charge < -0.3 is 19.7 Å². The Balaban J connectivity index is 2.38. The lowest BCUT2D eigenvalue weighted by atomic mass is 10.0. The molecule has 2 N–H and O–H groups in total. The highest BCUT2D eigenvalue weighted by Crippen LogP contribution is 2.30. The van der Waals surface area contributed by atoms with Crippen LogP contribution >= 0.6 is 0 Å². The number of benzene rings is 2. The molecule has 5 heteroatoms. The smallest absolute Gasteiger partial charge is 0.336 e. The summed E-state index contributed by atoms with van der Waals surface area (Å²) in [5.74, 6) is 0.468. The van der Waals surface area contributed by atoms with Crippen molar-refractivity contribution in [1.29, 1.82) is 0 Å². The Bertz CT molecular complexity index is 777. The Labute approximate surface area is 147 Å². The molecule has 25 heavy (non-hydrogen) atoms. The molecular weight excluding hydrogens is 320 g/mol. The van der Waals surface area contributed by atoms with E-state index >= 15 is 0 Å². The van der Waals surface area contributed by atoms with Crippen molar-refractivity contribution in [2.24, 2.45) is 5.92 Å². The molecule has 0 aliphatic heterocycles. The summed E-state index contributed by atoms with van der Waals surface area (Å²) < 4.78 is 11.0. The maximum absolute atomic E-state index is 11.6. The molecule has 0 saturated heterocycles. The molecule has 0 aliphatic rings. The second-order valence-electron chi connectivity index (χ2n) is 6.03. The van der Waals surface area contributed by atoms with Crippen molar-refractivity contribution in [2.75, 3.05) is 13.7 Å². The molecule has 0 aromatic heterocycles. The minimum absolute atomic E-state index is 0.0136. The molecule has 0 radical (unpaired) electrons. The number of methoxy groups -OCH3 is 1. The van der Waals surface area contributed by atoms with Crippen LogP contribution in [0.3, 0.4) is 0 Å². The number of aromatic hydroxyl groups is 1. The molecule has 0 saturated carbocycles. The van der Waals surface area contributed by atoms with Crippen LogP contribution in [0.15, 0.2) is 42.5 Å². The van der Waals surface area contributed by atoms with E-state index < -0.39 is 5.97 Å². The van der Waals surface area contributed by atoms with Gasteiger partial charge in [0.15, 0.2) is 11.5 Å². The van der Waals surface area contributed by atoms with Crippen molar-refractivity contribution in [2.45, 2.75) is 13.8 Å². The average molecular weight is 342 g/mol. The molecule has 0 unspecified atom stereocenters. The summed E-state index contributed by atoms with van der Waals surface area (Å²) in [7, 11) is 1.54. The predicted octanol–water partition coefficient (Wildman–Crippen LogP) is 4.06. The van der Waals surface area contributed by atoms with Gasteiger partial charge in [0.05, 0.1) is 19.3 Å². The molecule has 2 aromatic rings. The fourth-order valence-corrected chi connectivity index (χ4v) is 2.26. The number of phenols is 1. The predicted molar refractivity (Wildman–Crippen MR) is 96.9 cm³/mol. The number of carboxylic acid groups (broad SMARTS) is 1. The standard InChI is InChI=1S/C20H22O5/c1-13(2)12-25-18-8-7-14(10-19(18)24-3)9-17(20(22)23)15-5-4-6-16(21)11-15/h4-11,13,21H,12H2,1-3H3,(H,22,23)/b17-9-. The molecule has 0 amide bonds. The van der Waals surface area contributed by atoms with E-state index in [9.17, 15) is 15.0 Å². The molecule has 0 aliphatic carbocycles. The van der Waals surface area contributed by atoms with Crippen LogP contribution in [0, 0.1) is 5.92 Å². The Hall–Kier alpha value is -2.95. The van der Waals surface area contributed by atoms with Gasteiger partial charge in [0.2, 0.25) is 0 Å². The SMILES string of the molecule is COc1cc(/C=C(\C(=O)O)c2cccc(O)c2)ccc1OCC(C)C. The summed E-state index contributed by atoms with van der Waals surface area (Å²) in [6.45, 7) is 4.67. The highest BCUT2D eigenvalue weighted by Gasteiger charge is 2.12. The zero-order valence-electron chi connectivity index (χ0n) is 14.5. The molecule has 0 heterocycles. The zero-order chi connectivity index (χ0) is 18.4. The third-order valence-electron chi connectivity index (χ3n) is 3.46. The van der Waals surface area contributed by atoms with E-state index in [1.165, 1.54) is 18.2 Å². The normalized spacial score (nSPS) is 11.4. The monoisotopic (exact) mass is 342 g/mol. The maximum atomic E-state index is 11.6. The minimum Gasteiger partial charge on any atom is -0.508 e. The molecule has 0 bridgehead atoms. The summed E-state index contributed by atoms with van der Waals surface area (Å²) in [5.41, 5.74) is 1.16. The molecule has 0 spiro atoms. The zero-order valence-corrected chi connectivity index (χ0v) is 14.5. The summed E-state index contributed by atoms with van der Waals surface area (Å²) in [6.07, 6.45) is 1.53. The van der Waals surface area contributed by atoms with E-state index in [1.54, 1.807) is 37.4 Å². The number of aliphatic carboxylic acids is 1. The first-order valence-corrected chi connectivity index (χ1v) is 7.96. The second-order valence-corrected chi connectivity index (χ2v) is 6.03. The maximum Gasteiger partial charge on any atom is 0.336 e. The van der Waals surface area contributed by atoms with Crippen LogP contribution in [0.4, 0.5) is 0 Å². The molecule has 5 nitrogen and oxygen atoms in total. The Morgan fingerprint density at radius 1 is 1.16 bits per heavy atom. The van der Waals surface area contributed by atoms with Crippen LogP contribution in [-0.2, 0) is 4.79 Å². The van der Waals surface area contributed by atoms with Gasteiger partial charge in [-0.15, -0.1) is 0 Å². The Kier molecular flexibility index (Phi) is 6.06. The van der Waals surface area contributed by atoms with Gasteiger partial charge in [-0.2, -0.15) is 0 Å². The molecule has 132 valence electrons. The van der Waals surface area contributed by atoms with E-state index in [0.717, 1.165) is 0 Å². The summed E-state index contributed by atoms with van der Waals surface area (Å²) in [5, 5.41) is 19.1. The quantitative estimate of drug-likeness (QED) is 0.586. The largest absolute Gasteiger partial charge is 0.508 e. The lowest BCUT2D eigenvalue weighted by Crippen LogP contribution is -2.05. The lowest BCUT2D eigenvalue weighted by Gasteiger charge is -2.13. The van der Waals surface area contributed by atoms with Crippen LogP contribution in [0.25, 0.3) is 11.6 Å². The topological polar surface area (TPSA) is 76.0 Å². The van der Waals surface area contributed by atoms with Gasteiger partial charge in [0, 0.05) is 0 Å². The number of rotatable bonds is 7. The molecule has 0 fully saturated rings. The number of hydrogen-bond donors (Lipinski definition) is 2. The molecule has 0 atom stereocenters. The molecular formula is C20H22O5. The minimum atomic E-state index is -1.08. The first-order chi connectivity index (χ1) is 11.9. The number of hydrogen-bond acceptors (Lipinski definition) is 4. The number of phenolic OH excluding ortho intramolecular Hbond substituents is 1. The fourth-order valence-electron chi connectivity index (χ4n) is 2.26. The van der Waals surface area contributed by atoms with Gasteiger partial charge in [-0.05, 0) is 47.4 Å². The van der Waals surface area contributed by atoms with Gasteiger partial charge in [0.1, 0.15) is 5.75 Å². The van der Waals surface area contributed by atoms with Crippen molar-refractivity contribution in [3.05, 3.63) is 53.6 Å². The first kappa shape index (κ1) is 18.4. The lowest BCUT2D eigenvalue weighted by molar-refractivity contribution is -0.130. The fraction of sp³-hybridized carbons (Fsp3) is 0.250. The van der Waals surface area contributed by atoms with Gasteiger partial charge in [-0.3, -0.25) is 0 Å². The van der Waals surface area contributed by atoms with Crippen molar-refractivity contribution < 1.29 is 24.5 Å². The Morgan fingerprint density at radius 3 is 2.52 bits per heavy atom. The van der Waals surface area contributed by atoms with E-state index in [4.69, 9.17) is 9.47 Å². The van der Waals surface area contributed by atoms with Crippen LogP contribution in [-0.4, -0.2) is 29.9 Å². The summed E-state index contributed by atoms with van der Waals surface area (Å²) >= 11 is 0. The van der Waals surface area contributed by atoms with Crippen molar-refractivity contribution in [1.82, 2.24) is 0 Å². The van der Waals surface area contributed by atoms with E-state index in [1.807, 2.05) is 0 Å². The number of carbonyl (C=O) groups is 1. The third kappa shape index (κ3) is 5.01. The average Bonchev–Trinajstić information content (AvgIpc) is 2.57. The van der Waals surface area contributed by atoms with Gasteiger partial charge in [-0.25, -0.2) is 4.79 Å². The van der Waals surface area contributed by atoms with E-state index in [-0.39, 0.29) is 11.3 Å². The Morgan fingerprint density at radius 2 is 1.92 bits per heavy atom. The van der Waals surface area contributed by atoms with E-state index in [2.05, 4.69) is 13.8 Å². The number of ether oxygens (including phenoxy) is 2. The second kappa shape index (κ2) is 8.24. The summed E-state index contributed by atoms with van der Waals surface area (Å²) in [6, 6.07) is 11.4. The van der Waals surface area contributed by atoms with Gasteiger partial charge in [-0.1, -0.05) is 32.0 Å². The van der Waals surface area contributed by atoms with Gasteiger partial charge in [0.25, 0.3) is 0 Å². The third-order valence-corrected chi connectivity index (χ3v) is 3.46. The van der Waals surface area contributed by atoms with Crippen LogP contribution in [0.5, 0.6) is 17.2 Å². The highest BCUT2D eigenvalue weighted by atomic mass is 16.5. The van der Waals surface area contributed by atoms with Crippen LogP contribution in [0.2, 0.25) is 0 Å². The van der Waals surface area contributed by atoms with Gasteiger partial charge >= 0.3 is 5.97 Å².